The van der Waals surface area contributed by atoms with E-state index in [0.717, 1.165) is 16.7 Å². The predicted octanol–water partition coefficient (Wildman–Crippen LogP) is 2.31. The summed E-state index contributed by atoms with van der Waals surface area (Å²) in [6, 6.07) is 11.5. The summed E-state index contributed by atoms with van der Waals surface area (Å²) in [5, 5.41) is 2.77. The second-order valence-corrected chi connectivity index (χ2v) is 4.54. The molecule has 0 atom stereocenters. The van der Waals surface area contributed by atoms with Crippen molar-refractivity contribution in [1.29, 1.82) is 0 Å². The molecule has 0 saturated heterocycles. The van der Waals surface area contributed by atoms with Gasteiger partial charge in [-0.05, 0) is 36.3 Å². The monoisotopic (exact) mass is 263 g/mol. The van der Waals surface area contributed by atoms with E-state index in [1.165, 1.54) is 0 Å². The van der Waals surface area contributed by atoms with Crippen LogP contribution < -0.4 is 5.32 Å². The van der Waals surface area contributed by atoms with Crippen LogP contribution in [-0.2, 0) is 4.79 Å². The van der Waals surface area contributed by atoms with E-state index in [9.17, 15) is 4.79 Å². The van der Waals surface area contributed by atoms with Crippen LogP contribution in [-0.4, -0.2) is 16.7 Å². The van der Waals surface area contributed by atoms with E-state index in [2.05, 4.69) is 15.3 Å². The zero-order chi connectivity index (χ0) is 13.9. The number of aryl methyl sites for hydroxylation is 1. The molecule has 0 fully saturated rings. The number of carbonyl (C=O) groups is 1. The molecule has 0 aliphatic carbocycles. The fourth-order valence-electron chi connectivity index (χ4n) is 2.01. The highest BCUT2D eigenvalue weighted by Crippen LogP contribution is 2.16. The van der Waals surface area contributed by atoms with Crippen molar-refractivity contribution in [2.24, 2.45) is 4.99 Å². The number of rotatable bonds is 2. The molecular weight excluding hydrogens is 250 g/mol. The molecule has 1 aromatic carbocycles. The van der Waals surface area contributed by atoms with Gasteiger partial charge in [-0.3, -0.25) is 9.78 Å². The van der Waals surface area contributed by atoms with Gasteiger partial charge in [-0.25, -0.2) is 4.99 Å². The van der Waals surface area contributed by atoms with Crippen LogP contribution in [0.2, 0.25) is 0 Å². The Bertz CT molecular complexity index is 718. The van der Waals surface area contributed by atoms with Gasteiger partial charge in [0.2, 0.25) is 0 Å². The van der Waals surface area contributed by atoms with Crippen molar-refractivity contribution in [1.82, 2.24) is 10.3 Å². The molecule has 1 amide bonds. The standard InChI is InChI=1S/C16H13N3O/c1-11-4-2-3-5-13(11)10-14-16(20)19-15(18-14)12-6-8-17-9-7-12/h2-10H,1H3,(H,18,19,20)/b14-10-. The lowest BCUT2D eigenvalue weighted by Gasteiger charge is -1.99. The Balaban J connectivity index is 1.97. The maximum atomic E-state index is 12.0. The minimum atomic E-state index is -0.180. The van der Waals surface area contributed by atoms with E-state index in [4.69, 9.17) is 0 Å². The van der Waals surface area contributed by atoms with E-state index in [-0.39, 0.29) is 5.91 Å². The van der Waals surface area contributed by atoms with Crippen molar-refractivity contribution in [3.63, 3.8) is 0 Å². The van der Waals surface area contributed by atoms with Gasteiger partial charge in [-0.15, -0.1) is 0 Å². The molecule has 1 aliphatic rings. The van der Waals surface area contributed by atoms with Gasteiger partial charge in [0.05, 0.1) is 0 Å². The Morgan fingerprint density at radius 3 is 2.60 bits per heavy atom. The molecule has 0 unspecified atom stereocenters. The molecule has 4 heteroatoms. The number of carbonyl (C=O) groups excluding carboxylic acids is 1. The highest BCUT2D eigenvalue weighted by molar-refractivity contribution is 6.19. The van der Waals surface area contributed by atoms with Crippen LogP contribution in [0, 0.1) is 6.92 Å². The summed E-state index contributed by atoms with van der Waals surface area (Å²) in [5.74, 6) is 0.386. The normalized spacial score (nSPS) is 16.1. The number of nitrogens with zero attached hydrogens (tertiary/aromatic N) is 2. The Kier molecular flexibility index (Phi) is 3.13. The van der Waals surface area contributed by atoms with Crippen molar-refractivity contribution >= 4 is 17.8 Å². The van der Waals surface area contributed by atoms with Gasteiger partial charge in [-0.2, -0.15) is 0 Å². The molecule has 3 rings (SSSR count). The van der Waals surface area contributed by atoms with Gasteiger partial charge in [0, 0.05) is 18.0 Å². The largest absolute Gasteiger partial charge is 0.305 e. The fraction of sp³-hybridized carbons (Fsp3) is 0.0625. The summed E-state index contributed by atoms with van der Waals surface area (Å²) in [6.07, 6.45) is 5.15. The van der Waals surface area contributed by atoms with Crippen LogP contribution in [0.3, 0.4) is 0 Å². The third-order valence-corrected chi connectivity index (χ3v) is 3.13. The third kappa shape index (κ3) is 2.36. The summed E-state index contributed by atoms with van der Waals surface area (Å²) in [6.45, 7) is 2.01. The minimum Gasteiger partial charge on any atom is -0.305 e. The first-order valence-electron chi connectivity index (χ1n) is 6.32. The minimum absolute atomic E-state index is 0.180. The molecule has 0 radical (unpaired) electrons. The van der Waals surface area contributed by atoms with Crippen LogP contribution in [0.25, 0.3) is 6.08 Å². The molecule has 2 heterocycles. The Morgan fingerprint density at radius 1 is 1.10 bits per heavy atom. The zero-order valence-electron chi connectivity index (χ0n) is 11.0. The molecule has 20 heavy (non-hydrogen) atoms. The first-order valence-corrected chi connectivity index (χ1v) is 6.32. The molecule has 0 spiro atoms. The molecule has 0 bridgehead atoms. The van der Waals surface area contributed by atoms with Crippen molar-refractivity contribution < 1.29 is 4.79 Å². The lowest BCUT2D eigenvalue weighted by atomic mass is 10.1. The van der Waals surface area contributed by atoms with Crippen LogP contribution in [0.5, 0.6) is 0 Å². The fourth-order valence-corrected chi connectivity index (χ4v) is 2.01. The Morgan fingerprint density at radius 2 is 1.85 bits per heavy atom. The van der Waals surface area contributed by atoms with Gasteiger partial charge in [-0.1, -0.05) is 24.3 Å². The van der Waals surface area contributed by atoms with Gasteiger partial charge in [0.1, 0.15) is 11.5 Å². The van der Waals surface area contributed by atoms with E-state index in [1.807, 2.05) is 43.3 Å². The number of amidine groups is 1. The smallest absolute Gasteiger partial charge is 0.275 e. The highest BCUT2D eigenvalue weighted by Gasteiger charge is 2.20. The number of nitrogens with one attached hydrogen (secondary N) is 1. The molecule has 0 saturated carbocycles. The summed E-state index contributed by atoms with van der Waals surface area (Å²) >= 11 is 0. The van der Waals surface area contributed by atoms with Crippen LogP contribution >= 0.6 is 0 Å². The van der Waals surface area contributed by atoms with E-state index in [1.54, 1.807) is 18.5 Å². The molecule has 2 aromatic rings. The van der Waals surface area contributed by atoms with Gasteiger partial charge in [0.15, 0.2) is 0 Å². The van der Waals surface area contributed by atoms with E-state index < -0.39 is 0 Å². The number of benzene rings is 1. The van der Waals surface area contributed by atoms with Gasteiger partial charge >= 0.3 is 0 Å². The maximum Gasteiger partial charge on any atom is 0.275 e. The maximum absolute atomic E-state index is 12.0. The average Bonchev–Trinajstić information content (AvgIpc) is 2.84. The van der Waals surface area contributed by atoms with Gasteiger partial charge < -0.3 is 5.32 Å². The molecule has 4 nitrogen and oxygen atoms in total. The number of aromatic nitrogens is 1. The quantitative estimate of drug-likeness (QED) is 0.845. The third-order valence-electron chi connectivity index (χ3n) is 3.13. The zero-order valence-corrected chi connectivity index (χ0v) is 11.0. The first-order chi connectivity index (χ1) is 9.74. The first kappa shape index (κ1) is 12.3. The molecular formula is C16H13N3O. The second-order valence-electron chi connectivity index (χ2n) is 4.54. The number of aliphatic imine (C=N–C) groups is 1. The summed E-state index contributed by atoms with van der Waals surface area (Å²) in [7, 11) is 0. The molecule has 1 N–H and O–H groups in total. The average molecular weight is 263 g/mol. The van der Waals surface area contributed by atoms with Crippen molar-refractivity contribution in [2.45, 2.75) is 6.92 Å². The van der Waals surface area contributed by atoms with E-state index >= 15 is 0 Å². The van der Waals surface area contributed by atoms with Crippen LogP contribution in [0.1, 0.15) is 16.7 Å². The van der Waals surface area contributed by atoms with Crippen molar-refractivity contribution in [3.8, 4) is 0 Å². The number of hydrogen-bond donors (Lipinski definition) is 1. The van der Waals surface area contributed by atoms with Gasteiger partial charge in [0.25, 0.3) is 5.91 Å². The number of amides is 1. The lowest BCUT2D eigenvalue weighted by molar-refractivity contribution is -0.115. The summed E-state index contributed by atoms with van der Waals surface area (Å²) in [5.41, 5.74) is 3.38. The number of hydrogen-bond acceptors (Lipinski definition) is 3. The van der Waals surface area contributed by atoms with Crippen molar-refractivity contribution in [2.75, 3.05) is 0 Å². The Labute approximate surface area is 116 Å². The van der Waals surface area contributed by atoms with Crippen LogP contribution in [0.4, 0.5) is 0 Å². The number of pyridine rings is 1. The predicted molar refractivity (Wildman–Crippen MR) is 78.1 cm³/mol. The topological polar surface area (TPSA) is 54.4 Å². The van der Waals surface area contributed by atoms with Crippen molar-refractivity contribution in [3.05, 3.63) is 71.2 Å². The summed E-state index contributed by atoms with van der Waals surface area (Å²) < 4.78 is 0. The molecule has 98 valence electrons. The lowest BCUT2D eigenvalue weighted by Crippen LogP contribution is -2.24. The van der Waals surface area contributed by atoms with Crippen LogP contribution in [0.15, 0.2) is 59.5 Å². The molecule has 1 aromatic heterocycles. The second kappa shape index (κ2) is 5.09. The SMILES string of the molecule is Cc1ccccc1/C=C1\N=C(c2ccncc2)NC1=O. The van der Waals surface area contributed by atoms with E-state index in [0.29, 0.717) is 11.5 Å². The Hall–Kier alpha value is -2.75. The summed E-state index contributed by atoms with van der Waals surface area (Å²) in [4.78, 5) is 20.3. The molecule has 1 aliphatic heterocycles. The highest BCUT2D eigenvalue weighted by atomic mass is 16.2.